The van der Waals surface area contributed by atoms with Gasteiger partial charge in [0.25, 0.3) is 0 Å². The second-order valence-electron chi connectivity index (χ2n) is 11.9. The maximum absolute atomic E-state index is 6.36. The predicted molar refractivity (Wildman–Crippen MR) is 179 cm³/mol. The van der Waals surface area contributed by atoms with E-state index in [1.54, 1.807) is 6.08 Å². The van der Waals surface area contributed by atoms with Gasteiger partial charge in [0.2, 0.25) is 0 Å². The third-order valence-corrected chi connectivity index (χ3v) is 9.13. The van der Waals surface area contributed by atoms with Gasteiger partial charge in [-0.3, -0.25) is 4.99 Å². The zero-order valence-corrected chi connectivity index (χ0v) is 26.2. The number of hydrazine groups is 1. The molecule has 0 aromatic heterocycles. The number of fused-ring (bicyclic) bond motifs is 2. The van der Waals surface area contributed by atoms with Crippen molar-refractivity contribution < 1.29 is 4.74 Å². The van der Waals surface area contributed by atoms with Gasteiger partial charge in [0.15, 0.2) is 5.84 Å². The van der Waals surface area contributed by atoms with Crippen molar-refractivity contribution in [2.24, 2.45) is 39.2 Å². The van der Waals surface area contributed by atoms with E-state index >= 15 is 0 Å². The van der Waals surface area contributed by atoms with Gasteiger partial charge in [-0.15, -0.1) is 5.10 Å². The van der Waals surface area contributed by atoms with Crippen LogP contribution in [0.4, 0.5) is 0 Å². The lowest BCUT2D eigenvalue weighted by Crippen LogP contribution is -2.39. The Balaban J connectivity index is 0.000000996. The average Bonchev–Trinajstić information content (AvgIpc) is 3.81. The number of nitrogens with two attached hydrogens (primary N) is 3. The van der Waals surface area contributed by atoms with Crippen LogP contribution in [0.1, 0.15) is 75.5 Å². The summed E-state index contributed by atoms with van der Waals surface area (Å²) in [5.41, 5.74) is 15.8. The summed E-state index contributed by atoms with van der Waals surface area (Å²) in [7, 11) is 1.81. The second kappa shape index (κ2) is 15.7. The standard InChI is InChI=1S/C32H44N6O.C3H7N/c1-3-4-6-29(35-2)22-39-30-16-14-26(15-17-30)32(20-23-8-11-27(32)19-23)25-12-9-24(10-13-25)31(33)37-38(34)21-28-7-5-18-36-28;1-2-3-4/h4,6,9-10,12-17,23,27-28,36H,3,5,7-8,11,18-22,34H2,1-2H3,(H2,33,37);2-3H,4H2,1H3/b6-4-,35-29?;3-2-. The van der Waals surface area contributed by atoms with Crippen molar-refractivity contribution in [3.8, 4) is 5.75 Å². The third-order valence-electron chi connectivity index (χ3n) is 9.13. The van der Waals surface area contributed by atoms with Crippen molar-refractivity contribution in [3.05, 3.63) is 89.6 Å². The first-order valence-corrected chi connectivity index (χ1v) is 15.8. The summed E-state index contributed by atoms with van der Waals surface area (Å²) in [5.74, 6) is 8.92. The lowest BCUT2D eigenvalue weighted by atomic mass is 9.64. The van der Waals surface area contributed by atoms with E-state index in [-0.39, 0.29) is 5.41 Å². The highest BCUT2D eigenvalue weighted by Crippen LogP contribution is 2.60. The van der Waals surface area contributed by atoms with Gasteiger partial charge >= 0.3 is 0 Å². The summed E-state index contributed by atoms with van der Waals surface area (Å²) in [6.45, 7) is 6.18. The maximum Gasteiger partial charge on any atom is 0.152 e. The minimum Gasteiger partial charge on any atom is -0.487 e. The molecule has 2 aliphatic carbocycles. The van der Waals surface area contributed by atoms with Gasteiger partial charge < -0.3 is 21.5 Å². The molecule has 8 nitrogen and oxygen atoms in total. The summed E-state index contributed by atoms with van der Waals surface area (Å²) in [6.07, 6.45) is 15.9. The van der Waals surface area contributed by atoms with Crippen molar-refractivity contribution in [2.45, 2.75) is 70.3 Å². The third kappa shape index (κ3) is 8.06. The van der Waals surface area contributed by atoms with Crippen molar-refractivity contribution in [2.75, 3.05) is 26.7 Å². The Morgan fingerprint density at radius 2 is 1.79 bits per heavy atom. The first-order chi connectivity index (χ1) is 20.9. The molecule has 2 saturated carbocycles. The number of nitrogens with zero attached hydrogens (tertiary/aromatic N) is 3. The van der Waals surface area contributed by atoms with Crippen molar-refractivity contribution in [1.82, 2.24) is 10.4 Å². The molecule has 3 fully saturated rings. The number of hydrogen-bond acceptors (Lipinski definition) is 7. The van der Waals surface area contributed by atoms with Crippen LogP contribution < -0.4 is 27.4 Å². The predicted octanol–water partition coefficient (Wildman–Crippen LogP) is 5.24. The number of nitrogens with one attached hydrogen (secondary N) is 1. The lowest BCUT2D eigenvalue weighted by Gasteiger charge is -2.39. The fourth-order valence-electron chi connectivity index (χ4n) is 6.96. The van der Waals surface area contributed by atoms with Crippen LogP contribution in [0.2, 0.25) is 0 Å². The molecule has 0 spiro atoms. The average molecular weight is 586 g/mol. The topological polar surface area (TPSA) is 127 Å². The Morgan fingerprint density at radius 3 is 2.33 bits per heavy atom. The highest BCUT2D eigenvalue weighted by atomic mass is 16.5. The maximum atomic E-state index is 6.36. The van der Waals surface area contributed by atoms with E-state index in [2.05, 4.69) is 76.9 Å². The summed E-state index contributed by atoms with van der Waals surface area (Å²) < 4.78 is 6.06. The molecule has 2 bridgehead atoms. The molecular formula is C35H51N7O. The Labute approximate surface area is 258 Å². The SMILES string of the molecule is C/C=C\N.CC/C=C\C(COc1ccc(C2(c3ccc(/C(N)=N/N(N)CC4CCCN4)cc3)CC3CCC2C3)cc1)=NC. The molecule has 3 aliphatic rings. The highest BCUT2D eigenvalue weighted by molar-refractivity contribution is 5.97. The molecule has 2 aromatic carbocycles. The molecule has 0 radical (unpaired) electrons. The molecule has 4 unspecified atom stereocenters. The fraction of sp³-hybridized carbons (Fsp3) is 0.486. The van der Waals surface area contributed by atoms with E-state index in [9.17, 15) is 0 Å². The normalized spacial score (nSPS) is 25.3. The van der Waals surface area contributed by atoms with Crippen molar-refractivity contribution >= 4 is 11.5 Å². The molecule has 1 aliphatic heterocycles. The summed E-state index contributed by atoms with van der Waals surface area (Å²) >= 11 is 0. The van der Waals surface area contributed by atoms with E-state index in [0.717, 1.165) is 42.3 Å². The van der Waals surface area contributed by atoms with Gasteiger partial charge in [-0.1, -0.05) is 61.9 Å². The zero-order valence-electron chi connectivity index (χ0n) is 26.2. The number of ether oxygens (including phenoxy) is 1. The monoisotopic (exact) mass is 585 g/mol. The summed E-state index contributed by atoms with van der Waals surface area (Å²) in [5, 5.41) is 9.38. The van der Waals surface area contributed by atoms with Gasteiger partial charge in [0.05, 0.1) is 12.3 Å². The molecule has 5 rings (SSSR count). The first-order valence-electron chi connectivity index (χ1n) is 15.8. The molecular weight excluding hydrogens is 534 g/mol. The van der Waals surface area contributed by atoms with E-state index in [0.29, 0.717) is 30.9 Å². The summed E-state index contributed by atoms with van der Waals surface area (Å²) in [4.78, 5) is 4.33. The Kier molecular flexibility index (Phi) is 11.8. The highest BCUT2D eigenvalue weighted by Gasteiger charge is 2.52. The minimum atomic E-state index is 0.0276. The van der Waals surface area contributed by atoms with Crippen molar-refractivity contribution in [1.29, 1.82) is 0 Å². The largest absolute Gasteiger partial charge is 0.487 e. The molecule has 8 heteroatoms. The minimum absolute atomic E-state index is 0.0276. The Hall–Kier alpha value is -3.62. The van der Waals surface area contributed by atoms with Crippen LogP contribution in [0.3, 0.4) is 0 Å². The van der Waals surface area contributed by atoms with Crippen LogP contribution in [-0.4, -0.2) is 49.5 Å². The van der Waals surface area contributed by atoms with Crippen molar-refractivity contribution in [3.63, 3.8) is 0 Å². The second-order valence-corrected chi connectivity index (χ2v) is 11.9. The number of hydrogen-bond donors (Lipinski definition) is 4. The van der Waals surface area contributed by atoms with Crippen LogP contribution in [0, 0.1) is 11.8 Å². The van der Waals surface area contributed by atoms with Crippen LogP contribution in [0.5, 0.6) is 5.75 Å². The van der Waals surface area contributed by atoms with Gasteiger partial charge in [-0.05, 0) is 99.4 Å². The van der Waals surface area contributed by atoms with Crippen LogP contribution in [-0.2, 0) is 5.41 Å². The number of benzene rings is 2. The first kappa shape index (κ1) is 32.3. The van der Waals surface area contributed by atoms with Gasteiger partial charge in [-0.25, -0.2) is 11.0 Å². The molecule has 4 atom stereocenters. The molecule has 1 saturated heterocycles. The molecule has 7 N–H and O–H groups in total. The number of allylic oxidation sites excluding steroid dienone is 2. The van der Waals surface area contributed by atoms with E-state index < -0.39 is 0 Å². The van der Waals surface area contributed by atoms with Gasteiger partial charge in [0, 0.05) is 24.1 Å². The van der Waals surface area contributed by atoms with Crippen LogP contribution in [0.25, 0.3) is 0 Å². The van der Waals surface area contributed by atoms with Crippen LogP contribution >= 0.6 is 0 Å². The quantitative estimate of drug-likeness (QED) is 0.124. The zero-order chi connectivity index (χ0) is 30.7. The van der Waals surface area contributed by atoms with E-state index in [1.165, 1.54) is 54.5 Å². The van der Waals surface area contributed by atoms with Crippen LogP contribution in [0.15, 0.2) is 83.1 Å². The Morgan fingerprint density at radius 1 is 1.09 bits per heavy atom. The van der Waals surface area contributed by atoms with Gasteiger partial charge in [-0.2, -0.15) is 0 Å². The number of rotatable bonds is 11. The Bertz CT molecular complexity index is 1260. The van der Waals surface area contributed by atoms with E-state index in [1.807, 2.05) is 20.0 Å². The summed E-state index contributed by atoms with van der Waals surface area (Å²) in [6, 6.07) is 17.9. The molecule has 2 aromatic rings. The smallest absolute Gasteiger partial charge is 0.152 e. The number of aliphatic imine (C=N–C) groups is 1. The lowest BCUT2D eigenvalue weighted by molar-refractivity contribution is 0.269. The molecule has 1 heterocycles. The molecule has 232 valence electrons. The molecule has 0 amide bonds. The van der Waals surface area contributed by atoms with E-state index in [4.69, 9.17) is 22.0 Å². The number of amidine groups is 1. The molecule has 43 heavy (non-hydrogen) atoms. The van der Waals surface area contributed by atoms with Gasteiger partial charge in [0.1, 0.15) is 12.4 Å². The number of hydrazone groups is 1. The fourth-order valence-corrected chi connectivity index (χ4v) is 6.96.